The van der Waals surface area contributed by atoms with Crippen molar-refractivity contribution in [1.29, 1.82) is 0 Å². The molecule has 46 valence electrons. The largest absolute Gasteiger partial charge is 0.371 e. The third kappa shape index (κ3) is 3.43. The normalized spacial score (nSPS) is 12.2. The lowest BCUT2D eigenvalue weighted by Gasteiger charge is -2.08. The first-order valence-corrected chi connectivity index (χ1v) is 2.47. The van der Waals surface area contributed by atoms with E-state index in [-0.39, 0.29) is 6.17 Å². The molecule has 0 aromatic rings. The number of allylic oxidation sites excluding steroid dienone is 1. The van der Waals surface area contributed by atoms with E-state index < -0.39 is 0 Å². The van der Waals surface area contributed by atoms with Gasteiger partial charge in [-0.25, -0.2) is 0 Å². The quantitative estimate of drug-likeness (QED) is 0.414. The van der Waals surface area contributed by atoms with Crippen molar-refractivity contribution in [2.75, 3.05) is 0 Å². The Kier molecular flexibility index (Phi) is 2.96. The van der Waals surface area contributed by atoms with Crippen molar-refractivity contribution in [2.45, 2.75) is 13.1 Å². The highest BCUT2D eigenvalue weighted by Crippen LogP contribution is 1.80. The van der Waals surface area contributed by atoms with Crippen LogP contribution in [0.25, 0.3) is 0 Å². The minimum absolute atomic E-state index is 0.160. The summed E-state index contributed by atoms with van der Waals surface area (Å²) in [5.41, 5.74) is 6.24. The molecule has 2 heteroatoms. The van der Waals surface area contributed by atoms with E-state index in [1.807, 2.05) is 6.92 Å². The molecule has 0 saturated heterocycles. The van der Waals surface area contributed by atoms with Gasteiger partial charge in [-0.15, -0.1) is 0 Å². The fourth-order valence-electron chi connectivity index (χ4n) is 0.343. The molecule has 0 bridgehead atoms. The highest BCUT2D eigenvalue weighted by molar-refractivity contribution is 4.92. The molecule has 0 aliphatic rings. The minimum Gasteiger partial charge on any atom is -0.371 e. The highest BCUT2D eigenvalue weighted by Gasteiger charge is 1.89. The molecule has 1 unspecified atom stereocenters. The number of hydrogen-bond donors (Lipinski definition) is 2. The molecule has 0 rings (SSSR count). The molecule has 0 aliphatic carbocycles. The van der Waals surface area contributed by atoms with Gasteiger partial charge in [0.25, 0.3) is 0 Å². The molecule has 0 amide bonds. The molecule has 0 aromatic carbocycles. The summed E-state index contributed by atoms with van der Waals surface area (Å²) >= 11 is 0. The molecule has 8 heavy (non-hydrogen) atoms. The summed E-state index contributed by atoms with van der Waals surface area (Å²) in [6, 6.07) is 0. The van der Waals surface area contributed by atoms with Gasteiger partial charge in [-0.2, -0.15) is 0 Å². The summed E-state index contributed by atoms with van der Waals surface area (Å²) in [5, 5.41) is 2.86. The average molecular weight is 112 g/mol. The third-order valence-corrected chi connectivity index (χ3v) is 0.667. The maximum absolute atomic E-state index is 5.38. The van der Waals surface area contributed by atoms with Crippen LogP contribution in [-0.4, -0.2) is 6.17 Å². The van der Waals surface area contributed by atoms with Crippen molar-refractivity contribution in [3.8, 4) is 0 Å². The van der Waals surface area contributed by atoms with E-state index >= 15 is 0 Å². The van der Waals surface area contributed by atoms with Crippen molar-refractivity contribution >= 4 is 0 Å². The van der Waals surface area contributed by atoms with E-state index in [2.05, 4.69) is 18.5 Å². The van der Waals surface area contributed by atoms with Gasteiger partial charge in [0.05, 0.1) is 6.17 Å². The Labute approximate surface area is 50.1 Å². The first-order valence-electron chi connectivity index (χ1n) is 2.47. The Morgan fingerprint density at radius 1 is 1.88 bits per heavy atom. The molecule has 0 heterocycles. The smallest absolute Gasteiger partial charge is 0.0930 e. The topological polar surface area (TPSA) is 38.0 Å². The summed E-state index contributed by atoms with van der Waals surface area (Å²) in [6.07, 6.45) is 1.46. The van der Waals surface area contributed by atoms with Crippen LogP contribution in [0.3, 0.4) is 0 Å². The SMILES string of the molecule is C=CC(N)NC(=C)C. The van der Waals surface area contributed by atoms with Crippen LogP contribution in [0.15, 0.2) is 24.9 Å². The van der Waals surface area contributed by atoms with Crippen LogP contribution in [0, 0.1) is 0 Å². The lowest BCUT2D eigenvalue weighted by atomic mass is 10.4. The Morgan fingerprint density at radius 2 is 2.38 bits per heavy atom. The molecule has 0 aromatic heterocycles. The summed E-state index contributed by atoms with van der Waals surface area (Å²) in [6.45, 7) is 8.94. The van der Waals surface area contributed by atoms with Crippen molar-refractivity contribution in [3.05, 3.63) is 24.9 Å². The molecular formula is C6H12N2. The van der Waals surface area contributed by atoms with Crippen LogP contribution in [0.4, 0.5) is 0 Å². The molecule has 1 atom stereocenters. The second-order valence-electron chi connectivity index (χ2n) is 1.69. The monoisotopic (exact) mass is 112 g/mol. The average Bonchev–Trinajstić information content (AvgIpc) is 1.65. The zero-order valence-corrected chi connectivity index (χ0v) is 5.15. The molecule has 0 aliphatic heterocycles. The van der Waals surface area contributed by atoms with E-state index in [4.69, 9.17) is 5.73 Å². The molecule has 3 N–H and O–H groups in total. The van der Waals surface area contributed by atoms with Gasteiger partial charge in [-0.05, 0) is 6.92 Å². The summed E-state index contributed by atoms with van der Waals surface area (Å²) in [5.74, 6) is 0. The van der Waals surface area contributed by atoms with Crippen LogP contribution >= 0.6 is 0 Å². The van der Waals surface area contributed by atoms with Crippen molar-refractivity contribution in [1.82, 2.24) is 5.32 Å². The number of nitrogens with two attached hydrogens (primary N) is 1. The zero-order valence-electron chi connectivity index (χ0n) is 5.15. The lowest BCUT2D eigenvalue weighted by molar-refractivity contribution is 0.702. The lowest BCUT2D eigenvalue weighted by Crippen LogP contribution is -2.33. The van der Waals surface area contributed by atoms with E-state index in [1.165, 1.54) is 0 Å². The van der Waals surface area contributed by atoms with Gasteiger partial charge in [0, 0.05) is 5.70 Å². The minimum atomic E-state index is -0.160. The molecule has 0 fully saturated rings. The zero-order chi connectivity index (χ0) is 6.57. The van der Waals surface area contributed by atoms with Gasteiger partial charge in [-0.1, -0.05) is 19.2 Å². The van der Waals surface area contributed by atoms with Gasteiger partial charge in [0.15, 0.2) is 0 Å². The van der Waals surface area contributed by atoms with E-state index in [0.29, 0.717) is 0 Å². The van der Waals surface area contributed by atoms with Crippen molar-refractivity contribution in [3.63, 3.8) is 0 Å². The van der Waals surface area contributed by atoms with E-state index in [0.717, 1.165) is 5.70 Å². The third-order valence-electron chi connectivity index (χ3n) is 0.667. The highest BCUT2D eigenvalue weighted by atomic mass is 15.0. The summed E-state index contributed by atoms with van der Waals surface area (Å²) in [7, 11) is 0. The predicted molar refractivity (Wildman–Crippen MR) is 36.1 cm³/mol. The standard InChI is InChI=1S/C6H12N2/c1-4-6(7)8-5(2)3/h4,6,8H,1-2,7H2,3H3. The van der Waals surface area contributed by atoms with Crippen LogP contribution in [0.5, 0.6) is 0 Å². The summed E-state index contributed by atoms with van der Waals surface area (Å²) in [4.78, 5) is 0. The maximum atomic E-state index is 5.38. The fraction of sp³-hybridized carbons (Fsp3) is 0.333. The van der Waals surface area contributed by atoms with Crippen LogP contribution in [-0.2, 0) is 0 Å². The van der Waals surface area contributed by atoms with Gasteiger partial charge in [0.2, 0.25) is 0 Å². The van der Waals surface area contributed by atoms with E-state index in [9.17, 15) is 0 Å². The van der Waals surface area contributed by atoms with Crippen molar-refractivity contribution < 1.29 is 0 Å². The Balaban J connectivity index is 3.38. The molecular weight excluding hydrogens is 100 g/mol. The Morgan fingerprint density at radius 3 is 2.50 bits per heavy atom. The number of nitrogens with one attached hydrogen (secondary N) is 1. The molecule has 0 spiro atoms. The predicted octanol–water partition coefficient (Wildman–Crippen LogP) is 0.580. The van der Waals surface area contributed by atoms with Gasteiger partial charge in [-0.3, -0.25) is 0 Å². The van der Waals surface area contributed by atoms with Crippen molar-refractivity contribution in [2.24, 2.45) is 5.73 Å². The first-order chi connectivity index (χ1) is 3.66. The molecule has 2 nitrogen and oxygen atoms in total. The van der Waals surface area contributed by atoms with Crippen LogP contribution < -0.4 is 11.1 Å². The fourth-order valence-corrected chi connectivity index (χ4v) is 0.343. The Hall–Kier alpha value is -0.760. The number of rotatable bonds is 3. The second-order valence-corrected chi connectivity index (χ2v) is 1.69. The van der Waals surface area contributed by atoms with Crippen LogP contribution in [0.2, 0.25) is 0 Å². The van der Waals surface area contributed by atoms with Gasteiger partial charge >= 0.3 is 0 Å². The molecule has 0 radical (unpaired) electrons. The van der Waals surface area contributed by atoms with Gasteiger partial charge in [0.1, 0.15) is 0 Å². The summed E-state index contributed by atoms with van der Waals surface area (Å²) < 4.78 is 0. The first kappa shape index (κ1) is 7.24. The second kappa shape index (κ2) is 3.27. The van der Waals surface area contributed by atoms with E-state index in [1.54, 1.807) is 6.08 Å². The molecule has 0 saturated carbocycles. The Bertz CT molecular complexity index is 96.7. The maximum Gasteiger partial charge on any atom is 0.0930 e. The number of hydrogen-bond acceptors (Lipinski definition) is 2. The van der Waals surface area contributed by atoms with Crippen LogP contribution in [0.1, 0.15) is 6.92 Å². The van der Waals surface area contributed by atoms with Gasteiger partial charge < -0.3 is 11.1 Å².